The third-order valence-corrected chi connectivity index (χ3v) is 5.87. The van der Waals surface area contributed by atoms with Gasteiger partial charge in [-0.3, -0.25) is 9.36 Å². The standard InChI is InChI=1S/C22H21N5OS/c1-15-9-10-19(11-16(15)2)27-13-18(24-25-27)14-29-22-23-20(12-21(28)26(22)3)17-7-5-4-6-8-17/h4-13H,14H2,1-3H3. The summed E-state index contributed by atoms with van der Waals surface area (Å²) >= 11 is 1.47. The third-order valence-electron chi connectivity index (χ3n) is 4.81. The van der Waals surface area contributed by atoms with E-state index in [9.17, 15) is 4.79 Å². The Morgan fingerprint density at radius 2 is 1.79 bits per heavy atom. The molecule has 2 heterocycles. The van der Waals surface area contributed by atoms with E-state index < -0.39 is 0 Å². The molecule has 0 amide bonds. The molecular weight excluding hydrogens is 382 g/mol. The smallest absolute Gasteiger partial charge is 0.254 e. The van der Waals surface area contributed by atoms with Gasteiger partial charge < -0.3 is 0 Å². The second-order valence-electron chi connectivity index (χ2n) is 6.90. The van der Waals surface area contributed by atoms with Crippen LogP contribution in [0, 0.1) is 13.8 Å². The molecule has 6 nitrogen and oxygen atoms in total. The summed E-state index contributed by atoms with van der Waals surface area (Å²) < 4.78 is 3.33. The Morgan fingerprint density at radius 3 is 2.55 bits per heavy atom. The first-order chi connectivity index (χ1) is 14.0. The maximum absolute atomic E-state index is 12.4. The number of thioether (sulfide) groups is 1. The van der Waals surface area contributed by atoms with Crippen molar-refractivity contribution in [2.75, 3.05) is 0 Å². The van der Waals surface area contributed by atoms with E-state index in [2.05, 4.69) is 41.3 Å². The molecule has 0 aliphatic heterocycles. The zero-order valence-corrected chi connectivity index (χ0v) is 17.3. The van der Waals surface area contributed by atoms with Crippen molar-refractivity contribution in [1.29, 1.82) is 0 Å². The van der Waals surface area contributed by atoms with E-state index in [1.54, 1.807) is 22.4 Å². The maximum atomic E-state index is 12.4. The lowest BCUT2D eigenvalue weighted by Gasteiger charge is -2.08. The second kappa shape index (κ2) is 8.05. The molecule has 0 aliphatic carbocycles. The van der Waals surface area contributed by atoms with Crippen LogP contribution in [0.2, 0.25) is 0 Å². The highest BCUT2D eigenvalue weighted by Crippen LogP contribution is 2.23. The van der Waals surface area contributed by atoms with Crippen LogP contribution in [-0.2, 0) is 12.8 Å². The molecule has 0 saturated carbocycles. The summed E-state index contributed by atoms with van der Waals surface area (Å²) in [6.07, 6.45) is 1.91. The number of aromatic nitrogens is 5. The first-order valence-corrected chi connectivity index (χ1v) is 10.2. The van der Waals surface area contributed by atoms with Gasteiger partial charge in [-0.05, 0) is 37.1 Å². The van der Waals surface area contributed by atoms with Crippen LogP contribution in [0.1, 0.15) is 16.8 Å². The van der Waals surface area contributed by atoms with E-state index >= 15 is 0 Å². The van der Waals surface area contributed by atoms with Crippen LogP contribution in [0.3, 0.4) is 0 Å². The fourth-order valence-electron chi connectivity index (χ4n) is 2.90. The molecule has 29 heavy (non-hydrogen) atoms. The van der Waals surface area contributed by atoms with Crippen molar-refractivity contribution in [3.63, 3.8) is 0 Å². The average Bonchev–Trinajstić information content (AvgIpc) is 3.20. The van der Waals surface area contributed by atoms with Crippen molar-refractivity contribution in [2.45, 2.75) is 24.8 Å². The summed E-state index contributed by atoms with van der Waals surface area (Å²) in [5.74, 6) is 0.573. The van der Waals surface area contributed by atoms with E-state index in [4.69, 9.17) is 0 Å². The Morgan fingerprint density at radius 1 is 1.00 bits per heavy atom. The molecule has 146 valence electrons. The number of nitrogens with zero attached hydrogens (tertiary/aromatic N) is 5. The number of hydrogen-bond donors (Lipinski definition) is 0. The summed E-state index contributed by atoms with van der Waals surface area (Å²) in [6, 6.07) is 17.5. The van der Waals surface area contributed by atoms with Crippen LogP contribution < -0.4 is 5.56 Å². The maximum Gasteiger partial charge on any atom is 0.254 e. The first-order valence-electron chi connectivity index (χ1n) is 9.26. The topological polar surface area (TPSA) is 65.6 Å². The number of rotatable bonds is 5. The van der Waals surface area contributed by atoms with E-state index in [-0.39, 0.29) is 5.56 Å². The van der Waals surface area contributed by atoms with Gasteiger partial charge in [-0.25, -0.2) is 9.67 Å². The van der Waals surface area contributed by atoms with Crippen molar-refractivity contribution >= 4 is 11.8 Å². The van der Waals surface area contributed by atoms with Gasteiger partial charge in [-0.1, -0.05) is 53.4 Å². The molecule has 2 aromatic carbocycles. The molecule has 0 radical (unpaired) electrons. The molecule has 0 aliphatic rings. The van der Waals surface area contributed by atoms with Crippen LogP contribution in [0.4, 0.5) is 0 Å². The zero-order valence-electron chi connectivity index (χ0n) is 16.5. The quantitative estimate of drug-likeness (QED) is 0.373. The molecule has 0 unspecified atom stereocenters. The van der Waals surface area contributed by atoms with Crippen molar-refractivity contribution < 1.29 is 0 Å². The van der Waals surface area contributed by atoms with Gasteiger partial charge in [0, 0.05) is 24.4 Å². The Labute approximate surface area is 173 Å². The van der Waals surface area contributed by atoms with Crippen molar-refractivity contribution in [3.8, 4) is 16.9 Å². The number of hydrogen-bond acceptors (Lipinski definition) is 5. The fourth-order valence-corrected chi connectivity index (χ4v) is 3.76. The lowest BCUT2D eigenvalue weighted by molar-refractivity contribution is 0.711. The van der Waals surface area contributed by atoms with E-state index in [1.165, 1.54) is 22.9 Å². The number of benzene rings is 2. The van der Waals surface area contributed by atoms with Gasteiger partial charge in [0.05, 0.1) is 23.3 Å². The minimum atomic E-state index is -0.0832. The van der Waals surface area contributed by atoms with E-state index in [0.29, 0.717) is 16.6 Å². The van der Waals surface area contributed by atoms with Gasteiger partial charge in [0.2, 0.25) is 0 Å². The average molecular weight is 404 g/mol. The van der Waals surface area contributed by atoms with Crippen molar-refractivity contribution in [2.24, 2.45) is 7.05 Å². The van der Waals surface area contributed by atoms with E-state index in [0.717, 1.165) is 16.9 Å². The lowest BCUT2D eigenvalue weighted by atomic mass is 10.1. The molecule has 0 N–H and O–H groups in total. The van der Waals surface area contributed by atoms with Crippen LogP contribution in [0.5, 0.6) is 0 Å². The Kier molecular flexibility index (Phi) is 5.31. The Balaban J connectivity index is 1.55. The highest BCUT2D eigenvalue weighted by atomic mass is 32.2. The summed E-state index contributed by atoms with van der Waals surface area (Å²) in [4.78, 5) is 17.0. The molecule has 7 heteroatoms. The molecule has 0 bridgehead atoms. The van der Waals surface area contributed by atoms with Gasteiger partial charge >= 0.3 is 0 Å². The molecule has 2 aromatic heterocycles. The van der Waals surface area contributed by atoms with Crippen LogP contribution in [-0.4, -0.2) is 24.5 Å². The third kappa shape index (κ3) is 4.14. The highest BCUT2D eigenvalue weighted by molar-refractivity contribution is 7.98. The first kappa shape index (κ1) is 19.1. The Hall–Kier alpha value is -3.19. The monoisotopic (exact) mass is 403 g/mol. The summed E-state index contributed by atoms with van der Waals surface area (Å²) in [5, 5.41) is 9.16. The SMILES string of the molecule is Cc1ccc(-n2cc(CSc3nc(-c4ccccc4)cc(=O)n3C)nn2)cc1C. The summed E-state index contributed by atoms with van der Waals surface area (Å²) in [5.41, 5.74) is 5.78. The summed E-state index contributed by atoms with van der Waals surface area (Å²) in [7, 11) is 1.73. The molecule has 4 rings (SSSR count). The highest BCUT2D eigenvalue weighted by Gasteiger charge is 2.10. The van der Waals surface area contributed by atoms with Crippen LogP contribution >= 0.6 is 11.8 Å². The fraction of sp³-hybridized carbons (Fsp3) is 0.182. The largest absolute Gasteiger partial charge is 0.291 e. The normalized spacial score (nSPS) is 11.0. The van der Waals surface area contributed by atoms with Crippen LogP contribution in [0.25, 0.3) is 16.9 Å². The van der Waals surface area contributed by atoms with E-state index in [1.807, 2.05) is 42.6 Å². The predicted octanol–water partition coefficient (Wildman–Crippen LogP) is 3.94. The van der Waals surface area contributed by atoms with Gasteiger partial charge in [0.1, 0.15) is 0 Å². The van der Waals surface area contributed by atoms with Crippen molar-refractivity contribution in [3.05, 3.63) is 88.0 Å². The lowest BCUT2D eigenvalue weighted by Crippen LogP contribution is -2.19. The molecule has 0 fully saturated rings. The summed E-state index contributed by atoms with van der Waals surface area (Å²) in [6.45, 7) is 4.17. The van der Waals surface area contributed by atoms with Gasteiger partial charge in [0.15, 0.2) is 5.16 Å². The minimum Gasteiger partial charge on any atom is -0.291 e. The molecule has 0 saturated heterocycles. The van der Waals surface area contributed by atoms with Crippen molar-refractivity contribution in [1.82, 2.24) is 24.5 Å². The predicted molar refractivity (Wildman–Crippen MR) is 115 cm³/mol. The minimum absolute atomic E-state index is 0.0832. The van der Waals surface area contributed by atoms with Gasteiger partial charge in [-0.2, -0.15) is 0 Å². The second-order valence-corrected chi connectivity index (χ2v) is 7.84. The Bertz CT molecular complexity index is 1210. The van der Waals surface area contributed by atoms with Crippen LogP contribution in [0.15, 0.2) is 70.7 Å². The van der Waals surface area contributed by atoms with Gasteiger partial charge in [0.25, 0.3) is 5.56 Å². The molecule has 4 aromatic rings. The zero-order chi connectivity index (χ0) is 20.4. The molecule has 0 spiro atoms. The molecular formula is C22H21N5OS. The molecule has 0 atom stereocenters. The van der Waals surface area contributed by atoms with Gasteiger partial charge in [-0.15, -0.1) is 5.10 Å². The number of aryl methyl sites for hydroxylation is 2.